The molecule has 1 aliphatic rings. The minimum Gasteiger partial charge on any atom is -0.481 e. The highest BCUT2D eigenvalue weighted by atomic mass is 16.5. The molecular formula is C15H16N4O4. The van der Waals surface area contributed by atoms with Gasteiger partial charge in [-0.3, -0.25) is 14.6 Å². The number of pyridine rings is 1. The fourth-order valence-corrected chi connectivity index (χ4v) is 2.54. The number of carbonyl (C=O) groups excluding carboxylic acids is 1. The lowest BCUT2D eigenvalue weighted by atomic mass is 10.1. The standard InChI is InChI=1S/C15H16N4O4/c20-14(21)9-12-10-23-7-6-18(12)15(22)13-8-11(2-4-16-13)19-5-1-3-17-19/h1-5,8,12H,6-7,9-10H2,(H,20,21)/t12-/m1/s1. The van der Waals surface area contributed by atoms with Crippen molar-refractivity contribution in [2.24, 2.45) is 0 Å². The molecule has 0 radical (unpaired) electrons. The molecule has 2 aromatic heterocycles. The van der Waals surface area contributed by atoms with Crippen LogP contribution >= 0.6 is 0 Å². The van der Waals surface area contributed by atoms with Crippen LogP contribution in [0.15, 0.2) is 36.8 Å². The first-order valence-electron chi connectivity index (χ1n) is 7.22. The van der Waals surface area contributed by atoms with Crippen LogP contribution in [0.2, 0.25) is 0 Å². The summed E-state index contributed by atoms with van der Waals surface area (Å²) in [6.45, 7) is 0.960. The Hall–Kier alpha value is -2.74. The molecule has 1 saturated heterocycles. The molecule has 0 unspecified atom stereocenters. The Balaban J connectivity index is 1.84. The van der Waals surface area contributed by atoms with Crippen LogP contribution in [0.3, 0.4) is 0 Å². The topological polar surface area (TPSA) is 97.6 Å². The number of carbonyl (C=O) groups is 2. The zero-order chi connectivity index (χ0) is 16.2. The van der Waals surface area contributed by atoms with Gasteiger partial charge in [-0.1, -0.05) is 0 Å². The van der Waals surface area contributed by atoms with Gasteiger partial charge < -0.3 is 14.7 Å². The van der Waals surface area contributed by atoms with E-state index in [9.17, 15) is 9.59 Å². The monoisotopic (exact) mass is 316 g/mol. The van der Waals surface area contributed by atoms with Gasteiger partial charge in [0.25, 0.3) is 5.91 Å². The lowest BCUT2D eigenvalue weighted by molar-refractivity contribution is -0.139. The van der Waals surface area contributed by atoms with E-state index in [-0.39, 0.29) is 24.6 Å². The van der Waals surface area contributed by atoms with Crippen molar-refractivity contribution < 1.29 is 19.4 Å². The summed E-state index contributed by atoms with van der Waals surface area (Å²) < 4.78 is 6.92. The quantitative estimate of drug-likeness (QED) is 0.886. The average molecular weight is 316 g/mol. The van der Waals surface area contributed by atoms with Crippen LogP contribution in [0, 0.1) is 0 Å². The Bertz CT molecular complexity index is 701. The van der Waals surface area contributed by atoms with Crippen LogP contribution in [-0.4, -0.2) is 62.4 Å². The van der Waals surface area contributed by atoms with Gasteiger partial charge in [-0.25, -0.2) is 4.68 Å². The van der Waals surface area contributed by atoms with Gasteiger partial charge in [0.05, 0.1) is 31.4 Å². The molecule has 0 bridgehead atoms. The summed E-state index contributed by atoms with van der Waals surface area (Å²) in [6, 6.07) is 4.69. The van der Waals surface area contributed by atoms with E-state index < -0.39 is 12.0 Å². The van der Waals surface area contributed by atoms with E-state index in [0.29, 0.717) is 13.2 Å². The highest BCUT2D eigenvalue weighted by Crippen LogP contribution is 2.16. The number of hydrogen-bond donors (Lipinski definition) is 1. The summed E-state index contributed by atoms with van der Waals surface area (Å²) in [6.07, 6.45) is 4.81. The molecule has 23 heavy (non-hydrogen) atoms. The fraction of sp³-hybridized carbons (Fsp3) is 0.333. The summed E-state index contributed by atoms with van der Waals surface area (Å²) in [5, 5.41) is 13.1. The molecule has 1 fully saturated rings. The van der Waals surface area contributed by atoms with Crippen LogP contribution in [0.25, 0.3) is 5.69 Å². The van der Waals surface area contributed by atoms with Crippen molar-refractivity contribution in [1.29, 1.82) is 0 Å². The van der Waals surface area contributed by atoms with Gasteiger partial charge in [0.1, 0.15) is 5.69 Å². The molecule has 8 nitrogen and oxygen atoms in total. The zero-order valence-corrected chi connectivity index (χ0v) is 12.3. The maximum atomic E-state index is 12.7. The Labute approximate surface area is 132 Å². The second-order valence-electron chi connectivity index (χ2n) is 5.18. The molecule has 3 rings (SSSR count). The van der Waals surface area contributed by atoms with Crippen molar-refractivity contribution in [3.8, 4) is 5.69 Å². The predicted molar refractivity (Wildman–Crippen MR) is 79.3 cm³/mol. The molecule has 0 saturated carbocycles. The molecule has 3 heterocycles. The van der Waals surface area contributed by atoms with Gasteiger partial charge in [-0.2, -0.15) is 5.10 Å². The smallest absolute Gasteiger partial charge is 0.305 e. The second kappa shape index (κ2) is 6.57. The predicted octanol–water partition coefficient (Wildman–Crippen LogP) is 0.583. The first kappa shape index (κ1) is 15.2. The molecular weight excluding hydrogens is 300 g/mol. The van der Waals surface area contributed by atoms with Gasteiger partial charge in [0, 0.05) is 25.1 Å². The van der Waals surface area contributed by atoms with Crippen molar-refractivity contribution >= 4 is 11.9 Å². The molecule has 1 atom stereocenters. The molecule has 2 aromatic rings. The number of nitrogens with zero attached hydrogens (tertiary/aromatic N) is 4. The molecule has 8 heteroatoms. The first-order valence-corrected chi connectivity index (χ1v) is 7.22. The third kappa shape index (κ3) is 3.37. The largest absolute Gasteiger partial charge is 0.481 e. The highest BCUT2D eigenvalue weighted by molar-refractivity contribution is 5.93. The zero-order valence-electron chi connectivity index (χ0n) is 12.3. The van der Waals surface area contributed by atoms with Crippen molar-refractivity contribution in [3.63, 3.8) is 0 Å². The SMILES string of the molecule is O=C(O)C[C@@H]1COCCN1C(=O)c1cc(-n2cccn2)ccn1. The van der Waals surface area contributed by atoms with Crippen molar-refractivity contribution in [2.75, 3.05) is 19.8 Å². The minimum absolute atomic E-state index is 0.148. The summed E-state index contributed by atoms with van der Waals surface area (Å²) >= 11 is 0. The fourth-order valence-electron chi connectivity index (χ4n) is 2.54. The van der Waals surface area contributed by atoms with E-state index in [4.69, 9.17) is 9.84 Å². The van der Waals surface area contributed by atoms with E-state index in [2.05, 4.69) is 10.1 Å². The Morgan fingerprint density at radius 1 is 1.39 bits per heavy atom. The normalized spacial score (nSPS) is 17.9. The lowest BCUT2D eigenvalue weighted by Crippen LogP contribution is -2.49. The molecule has 1 N–H and O–H groups in total. The molecule has 120 valence electrons. The summed E-state index contributed by atoms with van der Waals surface area (Å²) in [5.41, 5.74) is 0.978. The third-order valence-electron chi connectivity index (χ3n) is 3.63. The summed E-state index contributed by atoms with van der Waals surface area (Å²) in [7, 11) is 0. The number of carboxylic acid groups (broad SMARTS) is 1. The number of rotatable bonds is 4. The van der Waals surface area contributed by atoms with E-state index >= 15 is 0 Å². The van der Waals surface area contributed by atoms with E-state index in [1.807, 2.05) is 0 Å². The van der Waals surface area contributed by atoms with Gasteiger partial charge in [0.15, 0.2) is 0 Å². The Morgan fingerprint density at radius 2 is 2.26 bits per heavy atom. The minimum atomic E-state index is -0.962. The van der Waals surface area contributed by atoms with Gasteiger partial charge in [-0.05, 0) is 18.2 Å². The van der Waals surface area contributed by atoms with E-state index in [1.54, 1.807) is 35.3 Å². The van der Waals surface area contributed by atoms with Crippen LogP contribution in [-0.2, 0) is 9.53 Å². The Morgan fingerprint density at radius 3 is 3.00 bits per heavy atom. The molecule has 0 aromatic carbocycles. The van der Waals surface area contributed by atoms with Gasteiger partial charge >= 0.3 is 5.97 Å². The summed E-state index contributed by atoms with van der Waals surface area (Å²) in [5.74, 6) is -1.26. The van der Waals surface area contributed by atoms with Crippen LogP contribution in [0.1, 0.15) is 16.9 Å². The maximum Gasteiger partial charge on any atom is 0.305 e. The van der Waals surface area contributed by atoms with Crippen molar-refractivity contribution in [1.82, 2.24) is 19.7 Å². The van der Waals surface area contributed by atoms with Crippen LogP contribution < -0.4 is 0 Å². The summed E-state index contributed by atoms with van der Waals surface area (Å²) in [4.78, 5) is 29.3. The molecule has 1 aliphatic heterocycles. The number of morpholine rings is 1. The number of aliphatic carboxylic acids is 1. The number of aromatic nitrogens is 3. The number of amides is 1. The number of carboxylic acids is 1. The molecule has 1 amide bonds. The van der Waals surface area contributed by atoms with Crippen LogP contribution in [0.4, 0.5) is 0 Å². The molecule has 0 spiro atoms. The third-order valence-corrected chi connectivity index (χ3v) is 3.63. The van der Waals surface area contributed by atoms with E-state index in [1.165, 1.54) is 11.1 Å². The molecule has 0 aliphatic carbocycles. The number of hydrogen-bond acceptors (Lipinski definition) is 5. The van der Waals surface area contributed by atoms with Gasteiger partial charge in [-0.15, -0.1) is 0 Å². The maximum absolute atomic E-state index is 12.7. The number of ether oxygens (including phenoxy) is 1. The van der Waals surface area contributed by atoms with Crippen molar-refractivity contribution in [2.45, 2.75) is 12.5 Å². The Kier molecular flexibility index (Phi) is 4.33. The lowest BCUT2D eigenvalue weighted by Gasteiger charge is -2.34. The second-order valence-corrected chi connectivity index (χ2v) is 5.18. The van der Waals surface area contributed by atoms with E-state index in [0.717, 1.165) is 5.69 Å². The average Bonchev–Trinajstić information content (AvgIpc) is 3.09. The highest BCUT2D eigenvalue weighted by Gasteiger charge is 2.30. The first-order chi connectivity index (χ1) is 11.1. The van der Waals surface area contributed by atoms with Gasteiger partial charge in [0.2, 0.25) is 0 Å². The van der Waals surface area contributed by atoms with Crippen LogP contribution in [0.5, 0.6) is 0 Å². The van der Waals surface area contributed by atoms with Crippen molar-refractivity contribution in [3.05, 3.63) is 42.5 Å².